The van der Waals surface area contributed by atoms with Crippen LogP contribution in [0, 0.1) is 0 Å². The van der Waals surface area contributed by atoms with Crippen LogP contribution in [-0.4, -0.2) is 25.2 Å². The first-order valence-electron chi connectivity index (χ1n) is 8.43. The normalized spacial score (nSPS) is 16.4. The topological polar surface area (TPSA) is 47.6 Å². The van der Waals surface area contributed by atoms with Crippen LogP contribution in [0.4, 0.5) is 0 Å². The predicted octanol–water partition coefficient (Wildman–Crippen LogP) is 3.69. The van der Waals surface area contributed by atoms with Crippen molar-refractivity contribution in [1.29, 1.82) is 0 Å². The number of carbonyl (C=O) groups is 1. The molecule has 0 heterocycles. The molecule has 122 valence electrons. The van der Waals surface area contributed by atoms with Gasteiger partial charge in [-0.3, -0.25) is 4.79 Å². The van der Waals surface area contributed by atoms with Crippen LogP contribution in [0.1, 0.15) is 51.9 Å². The molecule has 1 saturated carbocycles. The van der Waals surface area contributed by atoms with Crippen LogP contribution >= 0.6 is 0 Å². The molecule has 0 aliphatic heterocycles. The highest BCUT2D eigenvalue weighted by Crippen LogP contribution is 2.26. The SMILES string of the molecule is CCOc1ccccc1OCC(=O)NC1CCCCCCC1. The molecule has 1 amide bonds. The minimum atomic E-state index is -0.0446. The molecule has 1 aromatic carbocycles. The molecule has 0 unspecified atom stereocenters. The van der Waals surface area contributed by atoms with E-state index >= 15 is 0 Å². The van der Waals surface area contributed by atoms with Crippen LogP contribution in [0.5, 0.6) is 11.5 Å². The summed E-state index contributed by atoms with van der Waals surface area (Å²) in [7, 11) is 0. The second-order valence-corrected chi connectivity index (χ2v) is 5.78. The Hall–Kier alpha value is -1.71. The van der Waals surface area contributed by atoms with E-state index in [1.165, 1.54) is 32.1 Å². The first kappa shape index (κ1) is 16.7. The molecule has 1 N–H and O–H groups in total. The van der Waals surface area contributed by atoms with Crippen molar-refractivity contribution in [3.63, 3.8) is 0 Å². The average molecular weight is 305 g/mol. The molecule has 1 fully saturated rings. The Balaban J connectivity index is 1.79. The number of rotatable bonds is 6. The molecule has 4 nitrogen and oxygen atoms in total. The number of benzene rings is 1. The zero-order chi connectivity index (χ0) is 15.6. The van der Waals surface area contributed by atoms with Gasteiger partial charge in [-0.05, 0) is 31.9 Å². The van der Waals surface area contributed by atoms with Gasteiger partial charge >= 0.3 is 0 Å². The first-order chi connectivity index (χ1) is 10.8. The summed E-state index contributed by atoms with van der Waals surface area (Å²) in [6.07, 6.45) is 8.48. The van der Waals surface area contributed by atoms with Gasteiger partial charge in [0.15, 0.2) is 18.1 Å². The van der Waals surface area contributed by atoms with Crippen LogP contribution in [0.25, 0.3) is 0 Å². The average Bonchev–Trinajstić information content (AvgIpc) is 2.49. The maximum absolute atomic E-state index is 12.1. The number of carbonyl (C=O) groups excluding carboxylic acids is 1. The molecular formula is C18H27NO3. The molecule has 4 heteroatoms. The van der Waals surface area contributed by atoms with Gasteiger partial charge in [-0.2, -0.15) is 0 Å². The number of nitrogens with one attached hydrogen (secondary N) is 1. The quantitative estimate of drug-likeness (QED) is 0.872. The lowest BCUT2D eigenvalue weighted by molar-refractivity contribution is -0.123. The van der Waals surface area contributed by atoms with E-state index in [1.807, 2.05) is 31.2 Å². The zero-order valence-corrected chi connectivity index (χ0v) is 13.5. The molecule has 0 saturated heterocycles. The van der Waals surface area contributed by atoms with Gasteiger partial charge in [0.05, 0.1) is 6.61 Å². The van der Waals surface area contributed by atoms with E-state index in [-0.39, 0.29) is 12.5 Å². The Bertz CT molecular complexity index is 453. The Morgan fingerprint density at radius 1 is 1.05 bits per heavy atom. The lowest BCUT2D eigenvalue weighted by Gasteiger charge is -2.21. The lowest BCUT2D eigenvalue weighted by Crippen LogP contribution is -2.38. The fraction of sp³-hybridized carbons (Fsp3) is 0.611. The second-order valence-electron chi connectivity index (χ2n) is 5.78. The summed E-state index contributed by atoms with van der Waals surface area (Å²) in [4.78, 5) is 12.1. The van der Waals surface area contributed by atoms with Crippen LogP contribution in [0.2, 0.25) is 0 Å². The van der Waals surface area contributed by atoms with Gasteiger partial charge in [0.25, 0.3) is 5.91 Å². The monoisotopic (exact) mass is 305 g/mol. The van der Waals surface area contributed by atoms with E-state index in [9.17, 15) is 4.79 Å². The van der Waals surface area contributed by atoms with Crippen LogP contribution in [0.3, 0.4) is 0 Å². The summed E-state index contributed by atoms with van der Waals surface area (Å²) in [6, 6.07) is 7.76. The fourth-order valence-electron chi connectivity index (χ4n) is 2.86. The third-order valence-corrected chi connectivity index (χ3v) is 3.98. The molecule has 2 rings (SSSR count). The molecule has 22 heavy (non-hydrogen) atoms. The minimum Gasteiger partial charge on any atom is -0.490 e. The van der Waals surface area contributed by atoms with E-state index in [0.29, 0.717) is 24.1 Å². The van der Waals surface area contributed by atoms with Crippen molar-refractivity contribution in [2.45, 2.75) is 57.9 Å². The number of hydrogen-bond acceptors (Lipinski definition) is 3. The van der Waals surface area contributed by atoms with E-state index in [4.69, 9.17) is 9.47 Å². The van der Waals surface area contributed by atoms with Crippen molar-refractivity contribution < 1.29 is 14.3 Å². The highest BCUT2D eigenvalue weighted by atomic mass is 16.5. The summed E-state index contributed by atoms with van der Waals surface area (Å²) in [5.41, 5.74) is 0. The first-order valence-corrected chi connectivity index (χ1v) is 8.43. The third-order valence-electron chi connectivity index (χ3n) is 3.98. The van der Waals surface area contributed by atoms with E-state index in [2.05, 4.69) is 5.32 Å². The lowest BCUT2D eigenvalue weighted by atomic mass is 9.97. The van der Waals surface area contributed by atoms with Gasteiger partial charge in [-0.1, -0.05) is 44.2 Å². The van der Waals surface area contributed by atoms with Crippen molar-refractivity contribution >= 4 is 5.91 Å². The third kappa shape index (κ3) is 5.58. The fourth-order valence-corrected chi connectivity index (χ4v) is 2.86. The van der Waals surface area contributed by atoms with Gasteiger partial charge in [-0.15, -0.1) is 0 Å². The smallest absolute Gasteiger partial charge is 0.258 e. The van der Waals surface area contributed by atoms with E-state index < -0.39 is 0 Å². The molecule has 0 radical (unpaired) electrons. The second kappa shape index (κ2) is 9.34. The van der Waals surface area contributed by atoms with E-state index in [1.54, 1.807) is 0 Å². The summed E-state index contributed by atoms with van der Waals surface area (Å²) < 4.78 is 11.1. The summed E-state index contributed by atoms with van der Waals surface area (Å²) >= 11 is 0. The highest BCUT2D eigenvalue weighted by Gasteiger charge is 2.14. The van der Waals surface area contributed by atoms with Crippen LogP contribution < -0.4 is 14.8 Å². The largest absolute Gasteiger partial charge is 0.490 e. The van der Waals surface area contributed by atoms with Gasteiger partial charge in [0.2, 0.25) is 0 Å². The number of ether oxygens (including phenoxy) is 2. The molecule has 1 aliphatic carbocycles. The maximum atomic E-state index is 12.1. The zero-order valence-electron chi connectivity index (χ0n) is 13.5. The van der Waals surface area contributed by atoms with Gasteiger partial charge in [-0.25, -0.2) is 0 Å². The Kier molecular flexibility index (Phi) is 7.07. The van der Waals surface area contributed by atoms with Crippen molar-refractivity contribution in [2.24, 2.45) is 0 Å². The van der Waals surface area contributed by atoms with Crippen molar-refractivity contribution in [2.75, 3.05) is 13.2 Å². The van der Waals surface area contributed by atoms with Gasteiger partial charge in [0.1, 0.15) is 0 Å². The Labute approximate surface area is 133 Å². The molecule has 0 aromatic heterocycles. The summed E-state index contributed by atoms with van der Waals surface area (Å²) in [6.45, 7) is 2.55. The molecule has 0 spiro atoms. The minimum absolute atomic E-state index is 0.0422. The highest BCUT2D eigenvalue weighted by molar-refractivity contribution is 5.77. The Morgan fingerprint density at radius 3 is 2.27 bits per heavy atom. The van der Waals surface area contributed by atoms with Crippen molar-refractivity contribution in [3.8, 4) is 11.5 Å². The van der Waals surface area contributed by atoms with Crippen molar-refractivity contribution in [1.82, 2.24) is 5.32 Å². The molecule has 1 aromatic rings. The predicted molar refractivity (Wildman–Crippen MR) is 87.4 cm³/mol. The van der Waals surface area contributed by atoms with Crippen molar-refractivity contribution in [3.05, 3.63) is 24.3 Å². The summed E-state index contributed by atoms with van der Waals surface area (Å²) in [5, 5.41) is 3.10. The molecule has 0 atom stereocenters. The van der Waals surface area contributed by atoms with Gasteiger partial charge < -0.3 is 14.8 Å². The standard InChI is InChI=1S/C18H27NO3/c1-2-21-16-12-8-9-13-17(16)22-14-18(20)19-15-10-6-4-3-5-7-11-15/h8-9,12-13,15H,2-7,10-11,14H2,1H3,(H,19,20). The number of para-hydroxylation sites is 2. The number of amides is 1. The summed E-state index contributed by atoms with van der Waals surface area (Å²) in [5.74, 6) is 1.26. The molecule has 1 aliphatic rings. The van der Waals surface area contributed by atoms with Gasteiger partial charge in [0, 0.05) is 6.04 Å². The van der Waals surface area contributed by atoms with Crippen LogP contribution in [0.15, 0.2) is 24.3 Å². The molecular weight excluding hydrogens is 278 g/mol. The molecule has 0 bridgehead atoms. The maximum Gasteiger partial charge on any atom is 0.258 e. The van der Waals surface area contributed by atoms with Crippen LogP contribution in [-0.2, 0) is 4.79 Å². The van der Waals surface area contributed by atoms with E-state index in [0.717, 1.165) is 12.8 Å². The Morgan fingerprint density at radius 2 is 1.64 bits per heavy atom. The number of hydrogen-bond donors (Lipinski definition) is 1.